The third-order valence-corrected chi connectivity index (χ3v) is 7.50. The van der Waals surface area contributed by atoms with Gasteiger partial charge in [-0.05, 0) is 50.8 Å². The van der Waals surface area contributed by atoms with E-state index in [0.717, 1.165) is 27.5 Å². The second-order valence-electron chi connectivity index (χ2n) is 7.83. The van der Waals surface area contributed by atoms with E-state index in [4.69, 9.17) is 8.83 Å². The van der Waals surface area contributed by atoms with Crippen molar-refractivity contribution in [1.29, 1.82) is 0 Å². The normalized spacial score (nSPS) is 18.5. The van der Waals surface area contributed by atoms with Crippen LogP contribution in [-0.4, -0.2) is 31.9 Å². The first-order valence-corrected chi connectivity index (χ1v) is 11.4. The van der Waals surface area contributed by atoms with E-state index in [-0.39, 0.29) is 36.3 Å². The van der Waals surface area contributed by atoms with E-state index in [0.29, 0.717) is 23.2 Å². The number of hydrogen-bond donors (Lipinski definition) is 1. The van der Waals surface area contributed by atoms with Crippen molar-refractivity contribution in [3.63, 3.8) is 0 Å². The molecule has 154 valence electrons. The quantitative estimate of drug-likeness (QED) is 0.654. The number of rotatable bonds is 4. The highest BCUT2D eigenvalue weighted by atomic mass is 32.2. The van der Waals surface area contributed by atoms with Gasteiger partial charge in [-0.3, -0.25) is 4.79 Å². The van der Waals surface area contributed by atoms with E-state index in [1.807, 2.05) is 26.8 Å². The minimum absolute atomic E-state index is 0.0186. The highest BCUT2D eigenvalue weighted by Crippen LogP contribution is 2.32. The SMILES string of the molecule is Cc1coc2c(C)c3oc(=O)c(CCC(=O)N[C@@H]4CCS(=O)(=O)C4)c(C)c3cc12. The Bertz CT molecular complexity index is 1300. The largest absolute Gasteiger partial charge is 0.464 e. The van der Waals surface area contributed by atoms with Gasteiger partial charge in [0.25, 0.3) is 0 Å². The van der Waals surface area contributed by atoms with Crippen molar-refractivity contribution >= 4 is 37.7 Å². The Balaban J connectivity index is 1.60. The van der Waals surface area contributed by atoms with Gasteiger partial charge in [0.05, 0.1) is 17.8 Å². The van der Waals surface area contributed by atoms with Gasteiger partial charge in [0.15, 0.2) is 9.84 Å². The molecule has 4 rings (SSSR count). The van der Waals surface area contributed by atoms with Crippen molar-refractivity contribution < 1.29 is 22.0 Å². The maximum absolute atomic E-state index is 12.6. The Morgan fingerprint density at radius 2 is 1.93 bits per heavy atom. The Hall–Kier alpha value is -2.61. The number of carbonyl (C=O) groups excluding carboxylic acids is 1. The number of sulfone groups is 1. The smallest absolute Gasteiger partial charge is 0.339 e. The molecule has 1 fully saturated rings. The molecule has 0 bridgehead atoms. The van der Waals surface area contributed by atoms with Crippen LogP contribution in [0.3, 0.4) is 0 Å². The molecule has 1 atom stereocenters. The molecule has 0 saturated carbocycles. The van der Waals surface area contributed by atoms with E-state index in [2.05, 4.69) is 5.32 Å². The summed E-state index contributed by atoms with van der Waals surface area (Å²) >= 11 is 0. The maximum Gasteiger partial charge on any atom is 0.339 e. The van der Waals surface area contributed by atoms with Gasteiger partial charge in [-0.25, -0.2) is 13.2 Å². The first-order chi connectivity index (χ1) is 13.7. The number of benzene rings is 1. The summed E-state index contributed by atoms with van der Waals surface area (Å²) in [5, 5.41) is 4.56. The molecule has 0 unspecified atom stereocenters. The van der Waals surface area contributed by atoms with Crippen LogP contribution in [0.2, 0.25) is 0 Å². The zero-order chi connectivity index (χ0) is 20.9. The summed E-state index contributed by atoms with van der Waals surface area (Å²) in [4.78, 5) is 24.8. The lowest BCUT2D eigenvalue weighted by Gasteiger charge is -2.12. The molecule has 1 N–H and O–H groups in total. The van der Waals surface area contributed by atoms with Crippen molar-refractivity contribution in [2.45, 2.75) is 46.1 Å². The first-order valence-electron chi connectivity index (χ1n) is 9.60. The number of hydrogen-bond acceptors (Lipinski definition) is 6. The second-order valence-corrected chi connectivity index (χ2v) is 10.1. The topological polar surface area (TPSA) is 107 Å². The Labute approximate surface area is 168 Å². The average Bonchev–Trinajstić information content (AvgIpc) is 3.18. The molecular weight excluding hydrogens is 394 g/mol. The van der Waals surface area contributed by atoms with E-state index in [1.54, 1.807) is 6.26 Å². The lowest BCUT2D eigenvalue weighted by molar-refractivity contribution is -0.121. The first kappa shape index (κ1) is 19.7. The predicted molar refractivity (Wildman–Crippen MR) is 110 cm³/mol. The van der Waals surface area contributed by atoms with Gasteiger partial charge < -0.3 is 14.2 Å². The van der Waals surface area contributed by atoms with Gasteiger partial charge >= 0.3 is 5.63 Å². The molecule has 2 aromatic heterocycles. The van der Waals surface area contributed by atoms with Crippen molar-refractivity contribution in [3.8, 4) is 0 Å². The minimum atomic E-state index is -3.05. The molecule has 1 aromatic carbocycles. The van der Waals surface area contributed by atoms with Gasteiger partial charge in [0, 0.05) is 34.4 Å². The fourth-order valence-corrected chi connectivity index (χ4v) is 5.73. The van der Waals surface area contributed by atoms with Crippen LogP contribution in [0, 0.1) is 20.8 Å². The van der Waals surface area contributed by atoms with Gasteiger partial charge in [-0.15, -0.1) is 0 Å². The summed E-state index contributed by atoms with van der Waals surface area (Å²) in [6.45, 7) is 5.68. The summed E-state index contributed by atoms with van der Waals surface area (Å²) in [7, 11) is -3.05. The van der Waals surface area contributed by atoms with E-state index >= 15 is 0 Å². The molecule has 1 aliphatic rings. The van der Waals surface area contributed by atoms with E-state index in [1.165, 1.54) is 0 Å². The number of amides is 1. The third-order valence-electron chi connectivity index (χ3n) is 5.73. The van der Waals surface area contributed by atoms with Crippen molar-refractivity contribution in [2.75, 3.05) is 11.5 Å². The van der Waals surface area contributed by atoms with Crippen LogP contribution in [0.25, 0.3) is 21.9 Å². The molecule has 1 amide bonds. The fourth-order valence-electron chi connectivity index (χ4n) is 4.05. The van der Waals surface area contributed by atoms with Gasteiger partial charge in [-0.1, -0.05) is 0 Å². The fraction of sp³-hybridized carbons (Fsp3) is 0.429. The summed E-state index contributed by atoms with van der Waals surface area (Å²) in [5.41, 5.74) is 3.78. The monoisotopic (exact) mass is 417 g/mol. The molecule has 1 aliphatic heterocycles. The lowest BCUT2D eigenvalue weighted by atomic mass is 9.98. The van der Waals surface area contributed by atoms with Crippen LogP contribution in [0.1, 0.15) is 35.1 Å². The number of nitrogens with one attached hydrogen (secondary N) is 1. The standard InChI is InChI=1S/C21H23NO6S/c1-11-9-27-19-13(3)20-17(8-16(11)19)12(2)15(21(24)28-20)4-5-18(23)22-14-6-7-29(25,26)10-14/h8-9,14H,4-7,10H2,1-3H3,(H,22,23)/t14-/m1/s1. The maximum atomic E-state index is 12.6. The molecule has 1 saturated heterocycles. The van der Waals surface area contributed by atoms with Crippen LogP contribution in [0.5, 0.6) is 0 Å². The van der Waals surface area contributed by atoms with Gasteiger partial charge in [0.2, 0.25) is 5.91 Å². The molecule has 7 nitrogen and oxygen atoms in total. The van der Waals surface area contributed by atoms with Crippen molar-refractivity contribution in [3.05, 3.63) is 45.0 Å². The highest BCUT2D eigenvalue weighted by molar-refractivity contribution is 7.91. The number of aryl methyl sites for hydroxylation is 3. The molecule has 0 aliphatic carbocycles. The third kappa shape index (κ3) is 3.57. The Morgan fingerprint density at radius 1 is 1.17 bits per heavy atom. The summed E-state index contributed by atoms with van der Waals surface area (Å²) in [5.74, 6) is -0.176. The van der Waals surface area contributed by atoms with E-state index < -0.39 is 15.5 Å². The zero-order valence-corrected chi connectivity index (χ0v) is 17.4. The Kier molecular flexibility index (Phi) is 4.77. The molecule has 0 radical (unpaired) electrons. The Morgan fingerprint density at radius 3 is 2.62 bits per heavy atom. The van der Waals surface area contributed by atoms with Crippen LogP contribution < -0.4 is 10.9 Å². The van der Waals surface area contributed by atoms with Crippen LogP contribution >= 0.6 is 0 Å². The molecule has 0 spiro atoms. The summed E-state index contributed by atoms with van der Waals surface area (Å²) in [6, 6.07) is 1.61. The molecular formula is C21H23NO6S. The van der Waals surface area contributed by atoms with Crippen molar-refractivity contribution in [1.82, 2.24) is 5.32 Å². The van der Waals surface area contributed by atoms with Crippen LogP contribution in [0.15, 0.2) is 26.0 Å². The van der Waals surface area contributed by atoms with Gasteiger partial charge in [-0.2, -0.15) is 0 Å². The summed E-state index contributed by atoms with van der Waals surface area (Å²) in [6.07, 6.45) is 2.44. The van der Waals surface area contributed by atoms with Crippen LogP contribution in [-0.2, 0) is 21.1 Å². The predicted octanol–water partition coefficient (Wildman–Crippen LogP) is 2.70. The minimum Gasteiger partial charge on any atom is -0.464 e. The highest BCUT2D eigenvalue weighted by Gasteiger charge is 2.29. The van der Waals surface area contributed by atoms with E-state index in [9.17, 15) is 18.0 Å². The second kappa shape index (κ2) is 7.02. The molecule has 3 aromatic rings. The molecule has 8 heteroatoms. The number of carbonyl (C=O) groups is 1. The average molecular weight is 417 g/mol. The zero-order valence-electron chi connectivity index (χ0n) is 16.6. The van der Waals surface area contributed by atoms with Gasteiger partial charge in [0.1, 0.15) is 11.2 Å². The summed E-state index contributed by atoms with van der Waals surface area (Å²) < 4.78 is 34.2. The molecule has 29 heavy (non-hydrogen) atoms. The molecule has 3 heterocycles. The number of fused-ring (bicyclic) bond motifs is 2. The number of furan rings is 1. The van der Waals surface area contributed by atoms with Crippen molar-refractivity contribution in [2.24, 2.45) is 0 Å². The lowest BCUT2D eigenvalue weighted by Crippen LogP contribution is -2.35. The van der Waals surface area contributed by atoms with Crippen LogP contribution in [0.4, 0.5) is 0 Å².